The maximum absolute atomic E-state index is 11.0. The van der Waals surface area contributed by atoms with E-state index >= 15 is 0 Å². The average Bonchev–Trinajstić information content (AvgIpc) is 2.58. The zero-order valence-electron chi connectivity index (χ0n) is 11.1. The van der Waals surface area contributed by atoms with E-state index in [1.54, 1.807) is 6.07 Å². The third-order valence-electron chi connectivity index (χ3n) is 3.78. The molecule has 0 radical (unpaired) electrons. The maximum atomic E-state index is 11.0. The highest BCUT2D eigenvalue weighted by Crippen LogP contribution is 2.39. The first-order valence-corrected chi connectivity index (χ1v) is 6.29. The summed E-state index contributed by atoms with van der Waals surface area (Å²) in [6.07, 6.45) is 3.34. The monoisotopic (exact) mass is 249 g/mol. The van der Waals surface area contributed by atoms with Gasteiger partial charge in [-0.15, -0.1) is 0 Å². The molecular formula is C13H19N3O2. The van der Waals surface area contributed by atoms with Gasteiger partial charge in [-0.3, -0.25) is 10.1 Å². The van der Waals surface area contributed by atoms with Crippen LogP contribution in [0, 0.1) is 22.5 Å². The van der Waals surface area contributed by atoms with E-state index in [2.05, 4.69) is 24.1 Å². The third-order valence-corrected chi connectivity index (χ3v) is 3.78. The fraction of sp³-hybridized carbons (Fsp3) is 0.615. The van der Waals surface area contributed by atoms with Crippen molar-refractivity contribution in [3.8, 4) is 0 Å². The van der Waals surface area contributed by atoms with Crippen molar-refractivity contribution < 1.29 is 4.92 Å². The Labute approximate surface area is 107 Å². The number of anilines is 1. The van der Waals surface area contributed by atoms with Gasteiger partial charge in [0.1, 0.15) is 0 Å². The van der Waals surface area contributed by atoms with Crippen LogP contribution in [-0.4, -0.2) is 15.9 Å². The number of hydrogen-bond donors (Lipinski definition) is 1. The third kappa shape index (κ3) is 2.44. The second kappa shape index (κ2) is 4.55. The lowest BCUT2D eigenvalue weighted by Gasteiger charge is -2.28. The topological polar surface area (TPSA) is 68.1 Å². The predicted molar refractivity (Wildman–Crippen MR) is 70.7 cm³/mol. The number of aryl methyl sites for hydroxylation is 1. The number of nitrogens with one attached hydrogen (secondary N) is 1. The summed E-state index contributed by atoms with van der Waals surface area (Å²) in [5, 5.41) is 14.3. The molecule has 0 aromatic carbocycles. The Balaban J connectivity index is 2.28. The van der Waals surface area contributed by atoms with E-state index in [4.69, 9.17) is 0 Å². The van der Waals surface area contributed by atoms with Crippen LogP contribution in [0.3, 0.4) is 0 Å². The van der Waals surface area contributed by atoms with Gasteiger partial charge in [0, 0.05) is 17.8 Å². The molecule has 0 saturated heterocycles. The summed E-state index contributed by atoms with van der Waals surface area (Å²) in [7, 11) is 0. The molecule has 0 amide bonds. The molecular weight excluding hydrogens is 230 g/mol. The summed E-state index contributed by atoms with van der Waals surface area (Å²) in [4.78, 5) is 14.9. The number of aromatic nitrogens is 1. The van der Waals surface area contributed by atoms with Crippen LogP contribution in [-0.2, 0) is 0 Å². The molecule has 1 fully saturated rings. The summed E-state index contributed by atoms with van der Waals surface area (Å²) in [5.41, 5.74) is 1.02. The van der Waals surface area contributed by atoms with E-state index in [1.165, 1.54) is 6.07 Å². The minimum absolute atomic E-state index is 0.0586. The zero-order valence-corrected chi connectivity index (χ0v) is 11.1. The van der Waals surface area contributed by atoms with Gasteiger partial charge in [0.15, 0.2) is 0 Å². The molecule has 5 heteroatoms. The summed E-state index contributed by atoms with van der Waals surface area (Å²) in [5.74, 6) is 0.403. The van der Waals surface area contributed by atoms with Gasteiger partial charge >= 0.3 is 5.69 Å². The van der Waals surface area contributed by atoms with Gasteiger partial charge in [0.05, 0.1) is 4.92 Å². The molecule has 1 unspecified atom stereocenters. The largest absolute Gasteiger partial charge is 0.361 e. The van der Waals surface area contributed by atoms with Gasteiger partial charge in [0.2, 0.25) is 5.82 Å². The zero-order chi connectivity index (χ0) is 13.3. The summed E-state index contributed by atoms with van der Waals surface area (Å²) in [6.45, 7) is 6.23. The van der Waals surface area contributed by atoms with Crippen molar-refractivity contribution in [1.29, 1.82) is 0 Å². The first-order chi connectivity index (χ1) is 8.40. The molecule has 1 atom stereocenters. The molecule has 5 nitrogen and oxygen atoms in total. The maximum Gasteiger partial charge on any atom is 0.311 e. The van der Waals surface area contributed by atoms with Crippen molar-refractivity contribution in [2.45, 2.75) is 46.1 Å². The molecule has 2 rings (SSSR count). The number of rotatable bonds is 3. The predicted octanol–water partition coefficient (Wildman–Crippen LogP) is 3.29. The van der Waals surface area contributed by atoms with Gasteiger partial charge in [-0.1, -0.05) is 20.3 Å². The Morgan fingerprint density at radius 1 is 1.50 bits per heavy atom. The van der Waals surface area contributed by atoms with E-state index in [9.17, 15) is 10.1 Å². The van der Waals surface area contributed by atoms with E-state index in [1.807, 2.05) is 6.92 Å². The van der Waals surface area contributed by atoms with Crippen molar-refractivity contribution in [2.75, 3.05) is 5.32 Å². The fourth-order valence-corrected chi connectivity index (χ4v) is 2.56. The molecule has 1 aromatic heterocycles. The molecule has 1 saturated carbocycles. The SMILES string of the molecule is Cc1ccc([N+](=O)[O-])c(NC2CCCC2(C)C)n1. The average molecular weight is 249 g/mol. The second-order valence-corrected chi connectivity index (χ2v) is 5.66. The Kier molecular flexibility index (Phi) is 3.24. The van der Waals surface area contributed by atoms with Crippen molar-refractivity contribution in [1.82, 2.24) is 4.98 Å². The molecule has 98 valence electrons. The molecule has 0 spiro atoms. The van der Waals surface area contributed by atoms with Crippen LogP contribution in [0.25, 0.3) is 0 Å². The van der Waals surface area contributed by atoms with E-state index in [-0.39, 0.29) is 22.1 Å². The number of pyridine rings is 1. The standard InChI is InChI=1S/C13H19N3O2/c1-9-6-7-10(16(17)18)12(14-9)15-11-5-4-8-13(11,2)3/h6-7,11H,4-5,8H2,1-3H3,(H,14,15). The lowest BCUT2D eigenvalue weighted by atomic mass is 9.87. The molecule has 0 aliphatic heterocycles. The van der Waals surface area contributed by atoms with Crippen LogP contribution >= 0.6 is 0 Å². The highest BCUT2D eigenvalue weighted by Gasteiger charge is 2.35. The van der Waals surface area contributed by atoms with E-state index < -0.39 is 0 Å². The molecule has 1 heterocycles. The van der Waals surface area contributed by atoms with Crippen molar-refractivity contribution in [3.63, 3.8) is 0 Å². The lowest BCUT2D eigenvalue weighted by molar-refractivity contribution is -0.384. The van der Waals surface area contributed by atoms with Crippen LogP contribution in [0.5, 0.6) is 0 Å². The van der Waals surface area contributed by atoms with Gasteiger partial charge in [-0.25, -0.2) is 4.98 Å². The van der Waals surface area contributed by atoms with Crippen LogP contribution in [0.2, 0.25) is 0 Å². The lowest BCUT2D eigenvalue weighted by Crippen LogP contribution is -2.31. The first kappa shape index (κ1) is 12.8. The van der Waals surface area contributed by atoms with E-state index in [0.29, 0.717) is 5.82 Å². The highest BCUT2D eigenvalue weighted by molar-refractivity contribution is 5.56. The smallest absolute Gasteiger partial charge is 0.311 e. The molecule has 0 bridgehead atoms. The molecule has 1 aromatic rings. The molecule has 1 N–H and O–H groups in total. The highest BCUT2D eigenvalue weighted by atomic mass is 16.6. The van der Waals surface area contributed by atoms with Crippen LogP contribution in [0.15, 0.2) is 12.1 Å². The first-order valence-electron chi connectivity index (χ1n) is 6.29. The van der Waals surface area contributed by atoms with Gasteiger partial charge in [-0.05, 0) is 31.2 Å². The Bertz CT molecular complexity index is 471. The van der Waals surface area contributed by atoms with Gasteiger partial charge in [0.25, 0.3) is 0 Å². The molecule has 18 heavy (non-hydrogen) atoms. The molecule has 1 aliphatic rings. The van der Waals surface area contributed by atoms with Gasteiger partial charge in [-0.2, -0.15) is 0 Å². The van der Waals surface area contributed by atoms with Crippen LogP contribution in [0.4, 0.5) is 11.5 Å². The van der Waals surface area contributed by atoms with Crippen LogP contribution < -0.4 is 5.32 Å². The number of nitro groups is 1. The Hall–Kier alpha value is -1.65. The summed E-state index contributed by atoms with van der Waals surface area (Å²) >= 11 is 0. The van der Waals surface area contributed by atoms with Crippen molar-refractivity contribution >= 4 is 11.5 Å². The minimum atomic E-state index is -0.378. The fourth-order valence-electron chi connectivity index (χ4n) is 2.56. The van der Waals surface area contributed by atoms with Crippen LogP contribution in [0.1, 0.15) is 38.8 Å². The Morgan fingerprint density at radius 2 is 2.22 bits per heavy atom. The Morgan fingerprint density at radius 3 is 2.78 bits per heavy atom. The van der Waals surface area contributed by atoms with Crippen molar-refractivity contribution in [3.05, 3.63) is 27.9 Å². The normalized spacial score (nSPS) is 21.8. The quantitative estimate of drug-likeness (QED) is 0.659. The number of hydrogen-bond acceptors (Lipinski definition) is 4. The summed E-state index contributed by atoms with van der Waals surface area (Å²) in [6, 6.07) is 3.45. The van der Waals surface area contributed by atoms with E-state index in [0.717, 1.165) is 25.0 Å². The minimum Gasteiger partial charge on any atom is -0.361 e. The van der Waals surface area contributed by atoms with Gasteiger partial charge < -0.3 is 5.32 Å². The van der Waals surface area contributed by atoms with Crippen molar-refractivity contribution in [2.24, 2.45) is 5.41 Å². The second-order valence-electron chi connectivity index (χ2n) is 5.66. The molecule has 1 aliphatic carbocycles. The number of nitrogens with zero attached hydrogens (tertiary/aromatic N) is 2. The summed E-state index contributed by atoms with van der Waals surface area (Å²) < 4.78 is 0.